The number of hydrogen-bond donors (Lipinski definition) is 2. The second-order valence-corrected chi connectivity index (χ2v) is 7.74. The van der Waals surface area contributed by atoms with Crippen molar-refractivity contribution >= 4 is 29.1 Å². The molecule has 0 unspecified atom stereocenters. The number of carbonyl (C=O) groups is 3. The number of methoxy groups -OCH3 is 1. The summed E-state index contributed by atoms with van der Waals surface area (Å²) in [5, 5.41) is 5.64. The number of aryl methyl sites for hydroxylation is 1. The summed E-state index contributed by atoms with van der Waals surface area (Å²) in [5.41, 5.74) is 2.47. The fraction of sp³-hybridized carbons (Fsp3) is 0.375. The van der Waals surface area contributed by atoms with Crippen molar-refractivity contribution in [3.8, 4) is 5.75 Å². The van der Waals surface area contributed by atoms with Crippen LogP contribution in [0.1, 0.15) is 18.4 Å². The molecule has 2 aromatic rings. The van der Waals surface area contributed by atoms with E-state index in [9.17, 15) is 14.4 Å². The normalized spacial score (nSPS) is 15.5. The lowest BCUT2D eigenvalue weighted by Gasteiger charge is -2.17. The Hall–Kier alpha value is -3.39. The molecule has 8 heteroatoms. The lowest BCUT2D eigenvalue weighted by molar-refractivity contribution is -0.126. The van der Waals surface area contributed by atoms with E-state index in [1.807, 2.05) is 31.2 Å². The Balaban J connectivity index is 1.48. The summed E-state index contributed by atoms with van der Waals surface area (Å²) < 4.78 is 10.5. The fourth-order valence-corrected chi connectivity index (χ4v) is 3.50. The number of amides is 3. The summed E-state index contributed by atoms with van der Waals surface area (Å²) in [5.74, 6) is -0.308. The summed E-state index contributed by atoms with van der Waals surface area (Å²) >= 11 is 0. The van der Waals surface area contributed by atoms with Crippen molar-refractivity contribution in [2.24, 2.45) is 5.92 Å². The van der Waals surface area contributed by atoms with Gasteiger partial charge in [0.05, 0.1) is 5.92 Å². The molecule has 3 rings (SSSR count). The molecule has 1 fully saturated rings. The highest BCUT2D eigenvalue weighted by Crippen LogP contribution is 2.27. The first-order chi connectivity index (χ1) is 15.5. The van der Waals surface area contributed by atoms with E-state index >= 15 is 0 Å². The molecule has 1 aliphatic rings. The van der Waals surface area contributed by atoms with Gasteiger partial charge in [-0.2, -0.15) is 0 Å². The molecule has 1 atom stereocenters. The number of carbonyl (C=O) groups excluding carboxylic acids is 3. The third-order valence-electron chi connectivity index (χ3n) is 5.14. The van der Waals surface area contributed by atoms with E-state index in [0.29, 0.717) is 31.1 Å². The lowest BCUT2D eigenvalue weighted by atomic mass is 10.1. The van der Waals surface area contributed by atoms with Crippen LogP contribution in [0.3, 0.4) is 0 Å². The van der Waals surface area contributed by atoms with E-state index in [-0.39, 0.29) is 36.7 Å². The minimum Gasteiger partial charge on any atom is -0.484 e. The summed E-state index contributed by atoms with van der Waals surface area (Å²) in [6, 6.07) is 14.5. The van der Waals surface area contributed by atoms with Crippen LogP contribution in [0.2, 0.25) is 0 Å². The van der Waals surface area contributed by atoms with E-state index in [0.717, 1.165) is 17.7 Å². The summed E-state index contributed by atoms with van der Waals surface area (Å²) in [4.78, 5) is 38.4. The first kappa shape index (κ1) is 23.3. The van der Waals surface area contributed by atoms with Crippen LogP contribution in [0.5, 0.6) is 5.75 Å². The molecule has 1 aliphatic heterocycles. The van der Waals surface area contributed by atoms with Gasteiger partial charge in [0.2, 0.25) is 11.8 Å². The molecule has 1 heterocycles. The smallest absolute Gasteiger partial charge is 0.262 e. The highest BCUT2D eigenvalue weighted by molar-refractivity contribution is 6.00. The third-order valence-corrected chi connectivity index (χ3v) is 5.14. The first-order valence-electron chi connectivity index (χ1n) is 10.6. The van der Waals surface area contributed by atoms with Gasteiger partial charge in [-0.1, -0.05) is 12.1 Å². The van der Waals surface area contributed by atoms with E-state index in [1.165, 1.54) is 0 Å². The van der Waals surface area contributed by atoms with Crippen molar-refractivity contribution in [3.05, 3.63) is 54.1 Å². The topological polar surface area (TPSA) is 97.0 Å². The van der Waals surface area contributed by atoms with Gasteiger partial charge in [-0.05, 0) is 55.3 Å². The van der Waals surface area contributed by atoms with Crippen molar-refractivity contribution in [2.75, 3.05) is 43.6 Å². The van der Waals surface area contributed by atoms with Crippen LogP contribution in [-0.4, -0.2) is 51.1 Å². The summed E-state index contributed by atoms with van der Waals surface area (Å²) in [6.07, 6.45) is 0.921. The van der Waals surface area contributed by atoms with Gasteiger partial charge in [0.25, 0.3) is 5.91 Å². The van der Waals surface area contributed by atoms with Gasteiger partial charge in [0, 0.05) is 44.6 Å². The van der Waals surface area contributed by atoms with Gasteiger partial charge in [0.1, 0.15) is 5.75 Å². The van der Waals surface area contributed by atoms with Crippen LogP contribution >= 0.6 is 0 Å². The Kier molecular flexibility index (Phi) is 8.21. The quantitative estimate of drug-likeness (QED) is 0.555. The van der Waals surface area contributed by atoms with Crippen LogP contribution in [0.15, 0.2) is 48.5 Å². The van der Waals surface area contributed by atoms with E-state index in [4.69, 9.17) is 9.47 Å². The number of ether oxygens (including phenoxy) is 2. The molecule has 32 heavy (non-hydrogen) atoms. The van der Waals surface area contributed by atoms with Crippen LogP contribution in [0.25, 0.3) is 0 Å². The van der Waals surface area contributed by atoms with E-state index in [2.05, 4.69) is 10.6 Å². The number of hydrogen-bond acceptors (Lipinski definition) is 5. The maximum Gasteiger partial charge on any atom is 0.262 e. The standard InChI is InChI=1S/C24H29N3O5/c1-17-5-3-6-19(13-17)26-22(28)16-32-21-9-7-20(8-10-21)27-15-18(14-23(27)29)24(30)25-11-4-12-31-2/h3,5-10,13,18H,4,11-12,14-16H2,1-2H3,(H,25,30)(H,26,28)/t18-/m1/s1. The van der Waals surface area contributed by atoms with Crippen LogP contribution in [0, 0.1) is 12.8 Å². The maximum absolute atomic E-state index is 12.4. The molecule has 8 nitrogen and oxygen atoms in total. The predicted molar refractivity (Wildman–Crippen MR) is 122 cm³/mol. The molecule has 0 radical (unpaired) electrons. The number of nitrogens with zero attached hydrogens (tertiary/aromatic N) is 1. The highest BCUT2D eigenvalue weighted by Gasteiger charge is 2.34. The van der Waals surface area contributed by atoms with Gasteiger partial charge in [0.15, 0.2) is 6.61 Å². The summed E-state index contributed by atoms with van der Waals surface area (Å²) in [7, 11) is 1.62. The molecule has 0 aliphatic carbocycles. The zero-order valence-electron chi connectivity index (χ0n) is 18.4. The number of nitrogens with one attached hydrogen (secondary N) is 2. The molecule has 0 aromatic heterocycles. The van der Waals surface area contributed by atoms with E-state index < -0.39 is 0 Å². The van der Waals surface area contributed by atoms with Gasteiger partial charge in [-0.25, -0.2) is 0 Å². The molecule has 170 valence electrons. The Morgan fingerprint density at radius 1 is 1.16 bits per heavy atom. The highest BCUT2D eigenvalue weighted by atomic mass is 16.5. The van der Waals surface area contributed by atoms with Crippen molar-refractivity contribution in [2.45, 2.75) is 19.8 Å². The minimum atomic E-state index is -0.369. The molecular weight excluding hydrogens is 410 g/mol. The number of benzene rings is 2. The Bertz CT molecular complexity index is 945. The zero-order chi connectivity index (χ0) is 22.9. The van der Waals surface area contributed by atoms with Gasteiger partial charge < -0.3 is 25.0 Å². The molecule has 3 amide bonds. The van der Waals surface area contributed by atoms with Crippen LogP contribution in [-0.2, 0) is 19.1 Å². The monoisotopic (exact) mass is 439 g/mol. The molecule has 0 saturated carbocycles. The Morgan fingerprint density at radius 3 is 2.66 bits per heavy atom. The average molecular weight is 440 g/mol. The number of rotatable bonds is 10. The zero-order valence-corrected chi connectivity index (χ0v) is 18.4. The third kappa shape index (κ3) is 6.55. The Labute approximate surface area is 187 Å². The Morgan fingerprint density at radius 2 is 1.94 bits per heavy atom. The average Bonchev–Trinajstić information content (AvgIpc) is 3.17. The fourth-order valence-electron chi connectivity index (χ4n) is 3.50. The largest absolute Gasteiger partial charge is 0.484 e. The van der Waals surface area contributed by atoms with Crippen molar-refractivity contribution < 1.29 is 23.9 Å². The lowest BCUT2D eigenvalue weighted by Crippen LogP contribution is -2.33. The maximum atomic E-state index is 12.4. The summed E-state index contributed by atoms with van der Waals surface area (Å²) in [6.45, 7) is 3.28. The molecule has 0 spiro atoms. The second kappa shape index (κ2) is 11.3. The van der Waals surface area contributed by atoms with Gasteiger partial charge >= 0.3 is 0 Å². The number of anilines is 2. The molecule has 1 saturated heterocycles. The minimum absolute atomic E-state index is 0.0896. The van der Waals surface area contributed by atoms with Crippen molar-refractivity contribution in [1.82, 2.24) is 5.32 Å². The van der Waals surface area contributed by atoms with Gasteiger partial charge in [-0.3, -0.25) is 14.4 Å². The predicted octanol–water partition coefficient (Wildman–Crippen LogP) is 2.52. The molecule has 0 bridgehead atoms. The van der Waals surface area contributed by atoms with Crippen LogP contribution < -0.4 is 20.3 Å². The van der Waals surface area contributed by atoms with E-state index in [1.54, 1.807) is 36.3 Å². The van der Waals surface area contributed by atoms with Crippen molar-refractivity contribution in [1.29, 1.82) is 0 Å². The molecule has 2 N–H and O–H groups in total. The SMILES string of the molecule is COCCCNC(=O)[C@@H]1CC(=O)N(c2ccc(OCC(=O)Nc3cccc(C)c3)cc2)C1. The molecular formula is C24H29N3O5. The second-order valence-electron chi connectivity index (χ2n) is 7.74. The van der Waals surface area contributed by atoms with Crippen LogP contribution in [0.4, 0.5) is 11.4 Å². The van der Waals surface area contributed by atoms with Crippen molar-refractivity contribution in [3.63, 3.8) is 0 Å². The van der Waals surface area contributed by atoms with Gasteiger partial charge in [-0.15, -0.1) is 0 Å². The first-order valence-corrected chi connectivity index (χ1v) is 10.6. The molecule has 2 aromatic carbocycles.